The molecular formula is C10H10ClF2NO2. The van der Waals surface area contributed by atoms with Gasteiger partial charge in [-0.1, -0.05) is 11.6 Å². The third-order valence-corrected chi connectivity index (χ3v) is 1.91. The fourth-order valence-corrected chi connectivity index (χ4v) is 1.21. The SMILES string of the molecule is CC(C)Oc1ncc(C(=O)C(F)F)cc1Cl. The van der Waals surface area contributed by atoms with E-state index in [1.807, 2.05) is 0 Å². The molecule has 88 valence electrons. The van der Waals surface area contributed by atoms with E-state index in [9.17, 15) is 13.6 Å². The zero-order valence-corrected chi connectivity index (χ0v) is 9.46. The first-order chi connectivity index (χ1) is 7.41. The van der Waals surface area contributed by atoms with Gasteiger partial charge < -0.3 is 4.74 Å². The van der Waals surface area contributed by atoms with Gasteiger partial charge in [-0.25, -0.2) is 13.8 Å². The summed E-state index contributed by atoms with van der Waals surface area (Å²) >= 11 is 5.74. The second-order valence-corrected chi connectivity index (χ2v) is 3.75. The molecule has 0 aliphatic carbocycles. The minimum Gasteiger partial charge on any atom is -0.474 e. The number of aromatic nitrogens is 1. The van der Waals surface area contributed by atoms with Gasteiger partial charge in [0.25, 0.3) is 0 Å². The number of ketones is 1. The average molecular weight is 250 g/mol. The zero-order chi connectivity index (χ0) is 12.3. The highest BCUT2D eigenvalue weighted by Gasteiger charge is 2.19. The van der Waals surface area contributed by atoms with Gasteiger partial charge in [-0.05, 0) is 19.9 Å². The minimum atomic E-state index is -3.06. The zero-order valence-electron chi connectivity index (χ0n) is 8.71. The van der Waals surface area contributed by atoms with Gasteiger partial charge in [0, 0.05) is 11.8 Å². The molecule has 16 heavy (non-hydrogen) atoms. The number of nitrogens with zero attached hydrogens (tertiary/aromatic N) is 1. The smallest absolute Gasteiger partial charge is 0.300 e. The molecule has 6 heteroatoms. The number of carbonyl (C=O) groups excluding carboxylic acids is 1. The van der Waals surface area contributed by atoms with Crippen LogP contribution in [0.15, 0.2) is 12.3 Å². The Kier molecular flexibility index (Phi) is 4.18. The molecule has 0 amide bonds. The standard InChI is InChI=1S/C10H10ClF2NO2/c1-5(2)16-10-7(11)3-6(4-14-10)8(15)9(12)13/h3-5,9H,1-2H3. The van der Waals surface area contributed by atoms with Gasteiger partial charge in [-0.2, -0.15) is 0 Å². The van der Waals surface area contributed by atoms with E-state index >= 15 is 0 Å². The van der Waals surface area contributed by atoms with Crippen LogP contribution in [0.2, 0.25) is 5.02 Å². The van der Waals surface area contributed by atoms with E-state index in [1.165, 1.54) is 0 Å². The predicted octanol–water partition coefficient (Wildman–Crippen LogP) is 2.97. The fraction of sp³-hybridized carbons (Fsp3) is 0.400. The van der Waals surface area contributed by atoms with Crippen LogP contribution in [0.1, 0.15) is 24.2 Å². The lowest BCUT2D eigenvalue weighted by molar-refractivity contribution is 0.0678. The lowest BCUT2D eigenvalue weighted by Gasteiger charge is -2.10. The number of alkyl halides is 2. The van der Waals surface area contributed by atoms with Crippen molar-refractivity contribution >= 4 is 17.4 Å². The number of pyridine rings is 1. The number of carbonyl (C=O) groups is 1. The molecule has 0 aliphatic heterocycles. The summed E-state index contributed by atoms with van der Waals surface area (Å²) in [6.45, 7) is 3.55. The minimum absolute atomic E-state index is 0.0419. The van der Waals surface area contributed by atoms with Crippen molar-refractivity contribution < 1.29 is 18.3 Å². The Balaban J connectivity index is 2.95. The first-order valence-corrected chi connectivity index (χ1v) is 4.94. The van der Waals surface area contributed by atoms with Crippen molar-refractivity contribution in [2.24, 2.45) is 0 Å². The largest absolute Gasteiger partial charge is 0.474 e. The molecule has 1 aromatic rings. The Labute approximate surface area is 96.4 Å². The van der Waals surface area contributed by atoms with E-state index < -0.39 is 12.2 Å². The molecule has 0 N–H and O–H groups in total. The Bertz CT molecular complexity index is 396. The molecule has 1 rings (SSSR count). The molecule has 0 radical (unpaired) electrons. The Morgan fingerprint density at radius 1 is 1.50 bits per heavy atom. The van der Waals surface area contributed by atoms with Crippen molar-refractivity contribution in [1.82, 2.24) is 4.98 Å². The molecule has 1 aromatic heterocycles. The van der Waals surface area contributed by atoms with E-state index in [2.05, 4.69) is 4.98 Å². The maximum absolute atomic E-state index is 12.1. The third kappa shape index (κ3) is 3.13. The topological polar surface area (TPSA) is 39.2 Å². The van der Waals surface area contributed by atoms with E-state index in [4.69, 9.17) is 16.3 Å². The Hall–Kier alpha value is -1.23. The molecule has 1 heterocycles. The Morgan fingerprint density at radius 3 is 2.56 bits per heavy atom. The van der Waals surface area contributed by atoms with E-state index in [0.29, 0.717) is 0 Å². The van der Waals surface area contributed by atoms with Crippen LogP contribution in [0.5, 0.6) is 5.88 Å². The lowest BCUT2D eigenvalue weighted by Crippen LogP contribution is -2.12. The van der Waals surface area contributed by atoms with Gasteiger partial charge in [0.05, 0.1) is 6.10 Å². The second kappa shape index (κ2) is 5.21. The summed E-state index contributed by atoms with van der Waals surface area (Å²) in [6.07, 6.45) is -2.17. The molecule has 0 spiro atoms. The van der Waals surface area contributed by atoms with Crippen LogP contribution >= 0.6 is 11.6 Å². The van der Waals surface area contributed by atoms with Crippen molar-refractivity contribution in [3.05, 3.63) is 22.8 Å². The van der Waals surface area contributed by atoms with Crippen LogP contribution < -0.4 is 4.74 Å². The monoisotopic (exact) mass is 249 g/mol. The summed E-state index contributed by atoms with van der Waals surface area (Å²) in [5, 5.41) is 0.0419. The second-order valence-electron chi connectivity index (χ2n) is 3.34. The van der Waals surface area contributed by atoms with Crippen LogP contribution in [0.25, 0.3) is 0 Å². The normalized spacial score (nSPS) is 10.9. The van der Waals surface area contributed by atoms with Crippen LogP contribution in [0.4, 0.5) is 8.78 Å². The molecule has 0 fully saturated rings. The van der Waals surface area contributed by atoms with Crippen LogP contribution in [-0.4, -0.2) is 23.3 Å². The molecule has 0 aromatic carbocycles. The first kappa shape index (κ1) is 12.8. The van der Waals surface area contributed by atoms with Crippen molar-refractivity contribution in [1.29, 1.82) is 0 Å². The number of Topliss-reactive ketones (excluding diaryl/α,β-unsaturated/α-hetero) is 1. The van der Waals surface area contributed by atoms with Crippen LogP contribution in [-0.2, 0) is 0 Å². The average Bonchev–Trinajstić information content (AvgIpc) is 2.19. The number of hydrogen-bond donors (Lipinski definition) is 0. The quantitative estimate of drug-likeness (QED) is 0.770. The summed E-state index contributed by atoms with van der Waals surface area (Å²) in [4.78, 5) is 14.7. The van der Waals surface area contributed by atoms with Crippen LogP contribution in [0, 0.1) is 0 Å². The van der Waals surface area contributed by atoms with Gasteiger partial charge in [0.1, 0.15) is 5.02 Å². The maximum atomic E-state index is 12.1. The summed E-state index contributed by atoms with van der Waals surface area (Å²) in [6, 6.07) is 1.13. The first-order valence-electron chi connectivity index (χ1n) is 4.56. The van der Waals surface area contributed by atoms with Gasteiger partial charge in [0.2, 0.25) is 11.7 Å². The summed E-state index contributed by atoms with van der Waals surface area (Å²) in [7, 11) is 0. The van der Waals surface area contributed by atoms with Gasteiger partial charge in [-0.3, -0.25) is 4.79 Å². The third-order valence-electron chi connectivity index (χ3n) is 1.64. The lowest BCUT2D eigenvalue weighted by atomic mass is 10.2. The highest BCUT2D eigenvalue weighted by Crippen LogP contribution is 2.24. The number of halogens is 3. The highest BCUT2D eigenvalue weighted by molar-refractivity contribution is 6.32. The molecule has 0 saturated carbocycles. The maximum Gasteiger partial charge on any atom is 0.300 e. The molecule has 0 aliphatic rings. The van der Waals surface area contributed by atoms with E-state index in [1.54, 1.807) is 13.8 Å². The summed E-state index contributed by atoms with van der Waals surface area (Å²) in [5.41, 5.74) is -0.226. The number of hydrogen-bond acceptors (Lipinski definition) is 3. The van der Waals surface area contributed by atoms with Crippen molar-refractivity contribution in [3.8, 4) is 5.88 Å². The van der Waals surface area contributed by atoms with Crippen LogP contribution in [0.3, 0.4) is 0 Å². The van der Waals surface area contributed by atoms with Crippen molar-refractivity contribution in [2.75, 3.05) is 0 Å². The molecule has 0 unspecified atom stereocenters. The molecule has 3 nitrogen and oxygen atoms in total. The molecule has 0 saturated heterocycles. The molecular weight excluding hydrogens is 240 g/mol. The number of ether oxygens (including phenoxy) is 1. The fourth-order valence-electron chi connectivity index (χ4n) is 0.996. The molecule has 0 bridgehead atoms. The summed E-state index contributed by atoms with van der Waals surface area (Å²) < 4.78 is 29.4. The van der Waals surface area contributed by atoms with Gasteiger partial charge in [0.15, 0.2) is 0 Å². The van der Waals surface area contributed by atoms with Crippen molar-refractivity contribution in [2.45, 2.75) is 26.4 Å². The summed E-state index contributed by atoms with van der Waals surface area (Å²) in [5.74, 6) is -1.17. The highest BCUT2D eigenvalue weighted by atomic mass is 35.5. The Morgan fingerprint density at radius 2 is 2.12 bits per heavy atom. The molecule has 0 atom stereocenters. The van der Waals surface area contributed by atoms with E-state index in [-0.39, 0.29) is 22.6 Å². The predicted molar refractivity (Wildman–Crippen MR) is 55.3 cm³/mol. The van der Waals surface area contributed by atoms with Gasteiger partial charge >= 0.3 is 6.43 Å². The van der Waals surface area contributed by atoms with Gasteiger partial charge in [-0.15, -0.1) is 0 Å². The number of rotatable bonds is 4. The van der Waals surface area contributed by atoms with E-state index in [0.717, 1.165) is 12.3 Å². The van der Waals surface area contributed by atoms with Crippen molar-refractivity contribution in [3.63, 3.8) is 0 Å².